The number of carbonyl (C=O) groups is 10. The number of rotatable bonds is 14. The minimum Gasteiger partial charge on any atom is -0.506 e. The van der Waals surface area contributed by atoms with Gasteiger partial charge in [0, 0.05) is 163 Å². The van der Waals surface area contributed by atoms with Crippen LogP contribution < -0.4 is 58.5 Å². The number of nitrogens with one attached hydrogen (secondary N) is 11. The first-order valence-electron chi connectivity index (χ1n) is 33.1. The fourth-order valence-corrected chi connectivity index (χ4v) is 11.7. The number of carboxylic acids is 1. The van der Waals surface area contributed by atoms with Crippen LogP contribution in [0.1, 0.15) is 141 Å². The number of amides is 9. The number of aromatic hydroxyl groups is 4. The molecule has 530 valence electrons. The molecule has 4 aromatic carbocycles. The van der Waals surface area contributed by atoms with Crippen LogP contribution in [-0.4, -0.2) is 259 Å². The maximum Gasteiger partial charge on any atom is 0.303 e. The Bertz CT molecular complexity index is 3490. The first kappa shape index (κ1) is 75.7. The molecule has 0 radical (unpaired) electrons. The molecule has 4 heterocycles. The van der Waals surface area contributed by atoms with E-state index >= 15 is 0 Å². The summed E-state index contributed by atoms with van der Waals surface area (Å²) in [4.78, 5) is 145. The smallest absolute Gasteiger partial charge is 0.303 e. The van der Waals surface area contributed by atoms with E-state index in [1.54, 1.807) is 7.05 Å². The summed E-state index contributed by atoms with van der Waals surface area (Å²) in [6.07, 6.45) is 2.56. The number of carbonyl (C=O) groups excluding carboxylic acids is 9. The Balaban J connectivity index is 1.35. The fourth-order valence-electron chi connectivity index (χ4n) is 11.6. The van der Waals surface area contributed by atoms with Gasteiger partial charge in [0.1, 0.15) is 23.0 Å². The van der Waals surface area contributed by atoms with Crippen LogP contribution in [0.25, 0.3) is 0 Å². The van der Waals surface area contributed by atoms with E-state index in [4.69, 9.17) is 17.3 Å². The van der Waals surface area contributed by atoms with Gasteiger partial charge in [0.25, 0.3) is 47.3 Å². The summed E-state index contributed by atoms with van der Waals surface area (Å²) in [6.45, 7) is 2.08. The number of thiocarbonyl (C=S) groups is 1. The Labute approximate surface area is 573 Å². The van der Waals surface area contributed by atoms with E-state index in [0.717, 1.165) is 0 Å². The van der Waals surface area contributed by atoms with Crippen molar-refractivity contribution in [2.75, 3.05) is 138 Å². The molecular formula is C67H91N15O15S. The highest BCUT2D eigenvalue weighted by Gasteiger charge is 2.28. The van der Waals surface area contributed by atoms with Gasteiger partial charge in [-0.15, -0.1) is 0 Å². The number of carboxylic acid groups (broad SMARTS) is 1. The van der Waals surface area contributed by atoms with Crippen LogP contribution in [0.15, 0.2) is 72.8 Å². The van der Waals surface area contributed by atoms with Crippen molar-refractivity contribution in [3.63, 3.8) is 0 Å². The molecule has 4 aliphatic heterocycles. The molecule has 0 saturated heterocycles. The summed E-state index contributed by atoms with van der Waals surface area (Å²) in [5.41, 5.74) is -1.48. The van der Waals surface area contributed by atoms with Crippen LogP contribution in [0.4, 0.5) is 0 Å². The Morgan fingerprint density at radius 3 is 1.00 bits per heavy atom. The zero-order valence-electron chi connectivity index (χ0n) is 55.1. The highest BCUT2D eigenvalue weighted by Crippen LogP contribution is 2.27. The molecule has 8 rings (SSSR count). The van der Waals surface area contributed by atoms with Gasteiger partial charge in [0.15, 0.2) is 5.11 Å². The average molecular weight is 1380 g/mol. The van der Waals surface area contributed by atoms with Gasteiger partial charge in [0.2, 0.25) is 5.91 Å². The van der Waals surface area contributed by atoms with E-state index in [1.165, 1.54) is 72.8 Å². The molecule has 30 nitrogen and oxygen atoms in total. The van der Waals surface area contributed by atoms with E-state index < -0.39 is 88.3 Å². The SMILES string of the molecule is CNC(=S)NCCCCC1CN2CCNC(=O)c3cccc(c3O)C(=O)NCCN(CCNC(=O)c3cccc(c3O)C(=O)N1)CCN1CCNC(=O)c3cccc(c3O)C(=O)NCCN(CC2)CC(CCCCNC(=O)CCCC(=O)O)NC(=O)c2cccc(c2O)C(=O)NCC1. The number of benzene rings is 4. The van der Waals surface area contributed by atoms with Crippen molar-refractivity contribution in [3.8, 4) is 23.0 Å². The predicted octanol–water partition coefficient (Wildman–Crippen LogP) is 0.240. The number of aliphatic carboxylic acids is 1. The third-order valence-corrected chi connectivity index (χ3v) is 17.4. The van der Waals surface area contributed by atoms with Crippen molar-refractivity contribution >= 4 is 76.5 Å². The molecule has 6 atom stereocenters. The fraction of sp³-hybridized carbons (Fsp3) is 0.478. The lowest BCUT2D eigenvalue weighted by Crippen LogP contribution is -2.50. The molecule has 0 saturated carbocycles. The minimum atomic E-state index is -1.02. The Hall–Kier alpha value is -9.69. The third kappa shape index (κ3) is 23.3. The second-order valence-corrected chi connectivity index (χ2v) is 24.5. The maximum atomic E-state index is 14.6. The number of para-hydroxylation sites is 4. The van der Waals surface area contributed by atoms with Gasteiger partial charge in [-0.05, 0) is 106 Å². The third-order valence-electron chi connectivity index (χ3n) is 17.1. The molecule has 16 N–H and O–H groups in total. The van der Waals surface area contributed by atoms with Crippen molar-refractivity contribution in [1.29, 1.82) is 0 Å². The van der Waals surface area contributed by atoms with Crippen LogP contribution in [0, 0.1) is 0 Å². The average Bonchev–Trinajstić information content (AvgIpc) is 0.850. The molecule has 12 bridgehead atoms. The van der Waals surface area contributed by atoms with Gasteiger partial charge in [-0.25, -0.2) is 0 Å². The topological polar surface area (TPSA) is 417 Å². The van der Waals surface area contributed by atoms with Crippen molar-refractivity contribution in [2.45, 2.75) is 69.9 Å². The number of phenols is 4. The zero-order valence-corrected chi connectivity index (χ0v) is 55.9. The first-order chi connectivity index (χ1) is 47.2. The van der Waals surface area contributed by atoms with Gasteiger partial charge in [-0.2, -0.15) is 0 Å². The lowest BCUT2D eigenvalue weighted by Gasteiger charge is -2.33. The number of hydrogen-bond donors (Lipinski definition) is 16. The minimum absolute atomic E-state index is 0.00385. The standard InChI is InChI=1S/C67H91N15O15S/c1-68-67(98)76-24-5-3-12-44-42-82-36-30-75-62(93)48-16-7-14-46(56(48)87)60(91)71-26-32-80(34-28-73-64(95)50-18-9-20-52(58(50)89)66(97)78-44)38-37-79-31-25-70-59(90)45-13-6-15-47(55(45)86)61(92)74-29-35-81(39-40-82)41-43(11-2-4-23-69-53(83)21-10-22-54(84)85)77-65(96)51-19-8-17-49(57(51)88)63(94)72-27-33-79/h6-9,13-20,43-44,86-89H,2-5,10-12,21-42H2,1H3,(H,69,83)(H,70,90)(H,71,91)(H,72,94)(H,73,95)(H,74,92)(H,75,93)(H,77,96)(H,78,97)(H,84,85)(H2,68,76,98). The number of nitrogens with zero attached hydrogens (tertiary/aromatic N) is 4. The number of fused-ring (bicyclic) bond motifs is 16. The quantitative estimate of drug-likeness (QED) is 0.0594. The molecule has 9 amide bonds. The Morgan fingerprint density at radius 1 is 0.408 bits per heavy atom. The Kier molecular flexibility index (Phi) is 30.0. The van der Waals surface area contributed by atoms with Crippen molar-refractivity contribution in [2.24, 2.45) is 0 Å². The lowest BCUT2D eigenvalue weighted by atomic mass is 10.0. The van der Waals surface area contributed by atoms with Crippen LogP contribution in [-0.2, 0) is 9.59 Å². The molecule has 4 aliphatic rings. The molecule has 6 unspecified atom stereocenters. The van der Waals surface area contributed by atoms with E-state index in [-0.39, 0.29) is 200 Å². The van der Waals surface area contributed by atoms with Gasteiger partial charge < -0.3 is 84.0 Å². The van der Waals surface area contributed by atoms with Gasteiger partial charge in [-0.1, -0.05) is 24.3 Å². The van der Waals surface area contributed by atoms with Crippen LogP contribution >= 0.6 is 12.2 Å². The van der Waals surface area contributed by atoms with Crippen LogP contribution in [0.3, 0.4) is 0 Å². The molecule has 98 heavy (non-hydrogen) atoms. The number of phenolic OH excluding ortho intramolecular Hbond substituents is 4. The zero-order chi connectivity index (χ0) is 70.5. The molecule has 31 heteroatoms. The Morgan fingerprint density at radius 2 is 0.694 bits per heavy atom. The highest BCUT2D eigenvalue weighted by molar-refractivity contribution is 7.80. The van der Waals surface area contributed by atoms with Crippen LogP contribution in [0.5, 0.6) is 23.0 Å². The first-order valence-corrected chi connectivity index (χ1v) is 33.5. The summed E-state index contributed by atoms with van der Waals surface area (Å²) in [5.74, 6) is -9.23. The van der Waals surface area contributed by atoms with Crippen LogP contribution in [0.2, 0.25) is 0 Å². The maximum absolute atomic E-state index is 14.6. The summed E-state index contributed by atoms with van der Waals surface area (Å²) in [7, 11) is 1.69. The molecule has 0 spiro atoms. The predicted molar refractivity (Wildman–Crippen MR) is 367 cm³/mol. The summed E-state index contributed by atoms with van der Waals surface area (Å²) in [6, 6.07) is 15.5. The van der Waals surface area contributed by atoms with Crippen molar-refractivity contribution < 1.29 is 73.5 Å². The summed E-state index contributed by atoms with van der Waals surface area (Å²) in [5, 5.41) is 88.3. The van der Waals surface area contributed by atoms with Crippen molar-refractivity contribution in [1.82, 2.24) is 78.1 Å². The summed E-state index contributed by atoms with van der Waals surface area (Å²) >= 11 is 5.31. The second-order valence-electron chi connectivity index (χ2n) is 24.1. The molecule has 4 aromatic rings. The largest absolute Gasteiger partial charge is 0.506 e. The van der Waals surface area contributed by atoms with E-state index in [1.807, 2.05) is 19.6 Å². The lowest BCUT2D eigenvalue weighted by molar-refractivity contribution is -0.137. The monoisotopic (exact) mass is 1380 g/mol. The van der Waals surface area contributed by atoms with Gasteiger partial charge in [-0.3, -0.25) is 67.5 Å². The van der Waals surface area contributed by atoms with E-state index in [0.29, 0.717) is 43.8 Å². The molecule has 0 fully saturated rings. The second kappa shape index (κ2) is 38.9. The summed E-state index contributed by atoms with van der Waals surface area (Å²) < 4.78 is 0. The number of unbranched alkanes of at least 4 members (excludes halogenated alkanes) is 2. The van der Waals surface area contributed by atoms with Crippen molar-refractivity contribution in [3.05, 3.63) is 117 Å². The molecule has 0 aromatic heterocycles. The van der Waals surface area contributed by atoms with E-state index in [2.05, 4.69) is 58.5 Å². The normalized spacial score (nSPS) is 20.9. The molecule has 0 aliphatic carbocycles. The van der Waals surface area contributed by atoms with Gasteiger partial charge >= 0.3 is 5.97 Å². The highest BCUT2D eigenvalue weighted by atomic mass is 32.1. The van der Waals surface area contributed by atoms with Gasteiger partial charge in [0.05, 0.1) is 44.5 Å². The van der Waals surface area contributed by atoms with E-state index in [9.17, 15) is 68.4 Å². The molecular weight excluding hydrogens is 1290 g/mol. The number of hydrogen-bond acceptors (Lipinski definition) is 19.